The van der Waals surface area contributed by atoms with Crippen LogP contribution < -0.4 is 5.73 Å². The first-order valence-corrected chi connectivity index (χ1v) is 7.32. The zero-order valence-corrected chi connectivity index (χ0v) is 9.61. The Morgan fingerprint density at radius 2 is 2.14 bits per heavy atom. The molecule has 0 amide bonds. The quantitative estimate of drug-likeness (QED) is 0.799. The van der Waals surface area contributed by atoms with E-state index in [4.69, 9.17) is 5.73 Å². The second-order valence-electron chi connectivity index (χ2n) is 3.18. The average Bonchev–Trinajstić information content (AvgIpc) is 2.64. The lowest BCUT2D eigenvalue weighted by Crippen LogP contribution is -2.15. The summed E-state index contributed by atoms with van der Waals surface area (Å²) >= 11 is 1.59. The van der Waals surface area contributed by atoms with E-state index in [0.717, 1.165) is 5.56 Å². The van der Waals surface area contributed by atoms with Gasteiger partial charge >= 0.3 is 0 Å². The summed E-state index contributed by atoms with van der Waals surface area (Å²) in [5, 5.41) is 3.94. The molecule has 0 radical (unpaired) electrons. The van der Waals surface area contributed by atoms with Gasteiger partial charge in [0.2, 0.25) is 0 Å². The molecular weight excluding hydrogens is 218 g/mol. The highest BCUT2D eigenvalue weighted by molar-refractivity contribution is 7.91. The Hall–Kier alpha value is -0.390. The predicted octanol–water partition coefficient (Wildman–Crippen LogP) is 1.05. The summed E-state index contributed by atoms with van der Waals surface area (Å²) in [5.41, 5.74) is 6.37. The third kappa shape index (κ3) is 4.21. The molecule has 0 saturated carbocycles. The summed E-state index contributed by atoms with van der Waals surface area (Å²) in [6.07, 6.45) is 1.18. The lowest BCUT2D eigenvalue weighted by Gasteiger charge is -2.01. The van der Waals surface area contributed by atoms with Gasteiger partial charge in [0.25, 0.3) is 0 Å². The van der Waals surface area contributed by atoms with Crippen LogP contribution in [0.2, 0.25) is 0 Å². The molecular formula is C9H15NO2S2. The zero-order chi connectivity index (χ0) is 10.4. The third-order valence-corrected chi connectivity index (χ3v) is 4.41. The largest absolute Gasteiger partial charge is 0.330 e. The molecule has 0 saturated heterocycles. The topological polar surface area (TPSA) is 60.2 Å². The molecule has 14 heavy (non-hydrogen) atoms. The lowest BCUT2D eigenvalue weighted by atomic mass is 10.3. The molecule has 0 bridgehead atoms. The molecule has 0 aliphatic carbocycles. The maximum Gasteiger partial charge on any atom is 0.150 e. The fraction of sp³-hybridized carbons (Fsp3) is 0.556. The lowest BCUT2D eigenvalue weighted by molar-refractivity contribution is 0.593. The van der Waals surface area contributed by atoms with Crippen molar-refractivity contribution in [3.05, 3.63) is 22.4 Å². The molecule has 3 nitrogen and oxygen atoms in total. The molecule has 5 heteroatoms. The van der Waals surface area contributed by atoms with Crippen LogP contribution in [-0.2, 0) is 16.3 Å². The van der Waals surface area contributed by atoms with E-state index in [0.29, 0.717) is 19.4 Å². The minimum atomic E-state index is -2.90. The summed E-state index contributed by atoms with van der Waals surface area (Å²) < 4.78 is 22.9. The standard InChI is InChI=1S/C9H15NO2S2/c10-4-1-6-14(11,12)7-3-9-2-5-13-8-9/h2,5,8H,1,3-4,6-7,10H2. The van der Waals surface area contributed by atoms with Gasteiger partial charge in [0.15, 0.2) is 9.84 Å². The van der Waals surface area contributed by atoms with Crippen molar-refractivity contribution in [2.75, 3.05) is 18.1 Å². The summed E-state index contributed by atoms with van der Waals surface area (Å²) in [4.78, 5) is 0. The van der Waals surface area contributed by atoms with E-state index in [-0.39, 0.29) is 11.5 Å². The number of aryl methyl sites for hydroxylation is 1. The van der Waals surface area contributed by atoms with E-state index in [2.05, 4.69) is 0 Å². The van der Waals surface area contributed by atoms with Crippen LogP contribution in [0.15, 0.2) is 16.8 Å². The molecule has 0 atom stereocenters. The van der Waals surface area contributed by atoms with E-state index >= 15 is 0 Å². The number of hydrogen-bond donors (Lipinski definition) is 1. The van der Waals surface area contributed by atoms with Gasteiger partial charge in [-0.15, -0.1) is 0 Å². The van der Waals surface area contributed by atoms with Crippen molar-refractivity contribution in [2.24, 2.45) is 5.73 Å². The highest BCUT2D eigenvalue weighted by atomic mass is 32.2. The molecule has 1 aromatic rings. The minimum Gasteiger partial charge on any atom is -0.330 e. The first-order chi connectivity index (χ1) is 6.64. The van der Waals surface area contributed by atoms with Crippen molar-refractivity contribution in [3.8, 4) is 0 Å². The maximum atomic E-state index is 11.4. The maximum absolute atomic E-state index is 11.4. The molecule has 80 valence electrons. The number of sulfone groups is 1. The monoisotopic (exact) mass is 233 g/mol. The second-order valence-corrected chi connectivity index (χ2v) is 6.26. The first-order valence-electron chi connectivity index (χ1n) is 4.55. The van der Waals surface area contributed by atoms with Crippen LogP contribution in [-0.4, -0.2) is 26.5 Å². The van der Waals surface area contributed by atoms with Crippen LogP contribution in [0.25, 0.3) is 0 Å². The Labute approximate surface area is 88.9 Å². The SMILES string of the molecule is NCCCS(=O)(=O)CCc1ccsc1. The molecule has 1 rings (SSSR count). The zero-order valence-electron chi connectivity index (χ0n) is 7.98. The molecule has 0 unspecified atom stereocenters. The van der Waals surface area contributed by atoms with Crippen molar-refractivity contribution < 1.29 is 8.42 Å². The van der Waals surface area contributed by atoms with Gasteiger partial charge in [0, 0.05) is 0 Å². The number of hydrogen-bond acceptors (Lipinski definition) is 4. The summed E-state index contributed by atoms with van der Waals surface area (Å²) in [7, 11) is -2.90. The van der Waals surface area contributed by atoms with Crippen molar-refractivity contribution in [1.82, 2.24) is 0 Å². The number of rotatable bonds is 6. The van der Waals surface area contributed by atoms with Crippen LogP contribution in [0.1, 0.15) is 12.0 Å². The molecule has 0 fully saturated rings. The molecule has 0 aromatic carbocycles. The Balaban J connectivity index is 2.37. The van der Waals surface area contributed by atoms with Crippen LogP contribution in [0.4, 0.5) is 0 Å². The van der Waals surface area contributed by atoms with E-state index in [1.165, 1.54) is 0 Å². The van der Waals surface area contributed by atoms with Gasteiger partial charge in [0.05, 0.1) is 11.5 Å². The van der Waals surface area contributed by atoms with E-state index in [9.17, 15) is 8.42 Å². The van der Waals surface area contributed by atoms with Gasteiger partial charge in [-0.05, 0) is 41.8 Å². The molecule has 0 aliphatic rings. The summed E-state index contributed by atoms with van der Waals surface area (Å²) in [6, 6.07) is 1.96. The molecule has 0 spiro atoms. The Kier molecular flexibility index (Phi) is 4.57. The van der Waals surface area contributed by atoms with Gasteiger partial charge in [-0.1, -0.05) is 0 Å². The number of thiophene rings is 1. The van der Waals surface area contributed by atoms with Gasteiger partial charge in [0.1, 0.15) is 0 Å². The third-order valence-electron chi connectivity index (χ3n) is 1.94. The van der Waals surface area contributed by atoms with Crippen LogP contribution in [0.5, 0.6) is 0 Å². The molecule has 1 heterocycles. The van der Waals surface area contributed by atoms with Gasteiger partial charge in [-0.25, -0.2) is 8.42 Å². The van der Waals surface area contributed by atoms with Crippen LogP contribution in [0, 0.1) is 0 Å². The van der Waals surface area contributed by atoms with E-state index in [1.807, 2.05) is 16.8 Å². The van der Waals surface area contributed by atoms with Gasteiger partial charge < -0.3 is 5.73 Å². The van der Waals surface area contributed by atoms with Crippen molar-refractivity contribution >= 4 is 21.2 Å². The van der Waals surface area contributed by atoms with Gasteiger partial charge in [-0.3, -0.25) is 0 Å². The molecule has 0 aliphatic heterocycles. The molecule has 1 aromatic heterocycles. The first kappa shape index (κ1) is 11.7. The Morgan fingerprint density at radius 3 is 2.71 bits per heavy atom. The summed E-state index contributed by atoms with van der Waals surface area (Å²) in [5.74, 6) is 0.456. The smallest absolute Gasteiger partial charge is 0.150 e. The Bertz CT molecular complexity index is 343. The fourth-order valence-corrected chi connectivity index (χ4v) is 3.17. The predicted molar refractivity (Wildman–Crippen MR) is 60.3 cm³/mol. The van der Waals surface area contributed by atoms with Crippen molar-refractivity contribution in [3.63, 3.8) is 0 Å². The number of nitrogens with two attached hydrogens (primary N) is 1. The van der Waals surface area contributed by atoms with Crippen molar-refractivity contribution in [2.45, 2.75) is 12.8 Å². The van der Waals surface area contributed by atoms with Crippen LogP contribution >= 0.6 is 11.3 Å². The van der Waals surface area contributed by atoms with Gasteiger partial charge in [-0.2, -0.15) is 11.3 Å². The highest BCUT2D eigenvalue weighted by Gasteiger charge is 2.09. The van der Waals surface area contributed by atoms with Crippen molar-refractivity contribution in [1.29, 1.82) is 0 Å². The normalized spacial score (nSPS) is 11.8. The fourth-order valence-electron chi connectivity index (χ4n) is 1.11. The minimum absolute atomic E-state index is 0.216. The summed E-state index contributed by atoms with van der Waals surface area (Å²) in [6.45, 7) is 0.442. The second kappa shape index (κ2) is 5.48. The average molecular weight is 233 g/mol. The molecule has 2 N–H and O–H groups in total. The Morgan fingerprint density at radius 1 is 1.36 bits per heavy atom. The van der Waals surface area contributed by atoms with E-state index in [1.54, 1.807) is 11.3 Å². The highest BCUT2D eigenvalue weighted by Crippen LogP contribution is 2.08. The van der Waals surface area contributed by atoms with E-state index < -0.39 is 9.84 Å². The van der Waals surface area contributed by atoms with Crippen LogP contribution in [0.3, 0.4) is 0 Å².